The summed E-state index contributed by atoms with van der Waals surface area (Å²) in [5.74, 6) is 0.829. The number of benzene rings is 8. The number of hydrogen-bond donors (Lipinski definition) is 0. The van der Waals surface area contributed by atoms with Crippen LogP contribution in [0.3, 0.4) is 0 Å². The molecule has 12 rings (SSSR count). The average molecular weight is 774 g/mol. The van der Waals surface area contributed by atoms with Crippen molar-refractivity contribution in [1.82, 2.24) is 0 Å². The van der Waals surface area contributed by atoms with Crippen LogP contribution < -0.4 is 31.1 Å². The average Bonchev–Trinajstić information content (AvgIpc) is 3.85. The van der Waals surface area contributed by atoms with E-state index < -0.39 is 0 Å². The second-order valence-electron chi connectivity index (χ2n) is 17.0. The lowest BCUT2D eigenvalue weighted by atomic mass is 9.33. The van der Waals surface area contributed by atoms with Crippen molar-refractivity contribution in [3.63, 3.8) is 0 Å². The van der Waals surface area contributed by atoms with E-state index in [-0.39, 0.29) is 12.1 Å². The molecule has 0 spiro atoms. The normalized spacial score (nSPS) is 13.2. The van der Waals surface area contributed by atoms with E-state index in [0.717, 1.165) is 89.8 Å². The van der Waals surface area contributed by atoms with Crippen LogP contribution in [0, 0.1) is 0 Å². The van der Waals surface area contributed by atoms with E-state index in [9.17, 15) is 0 Å². The Hall–Kier alpha value is -7.44. The van der Waals surface area contributed by atoms with Gasteiger partial charge in [0.2, 0.25) is 5.88 Å². The monoisotopic (exact) mass is 773 g/mol. The van der Waals surface area contributed by atoms with E-state index in [1.165, 1.54) is 16.5 Å². The van der Waals surface area contributed by atoms with Crippen molar-refractivity contribution >= 4 is 107 Å². The molecule has 60 heavy (non-hydrogen) atoms. The van der Waals surface area contributed by atoms with Crippen LogP contribution >= 0.6 is 0 Å². The highest BCUT2D eigenvalue weighted by atomic mass is 16.4. The molecule has 2 aliphatic heterocycles. The number of anilines is 9. The molecule has 0 amide bonds. The van der Waals surface area contributed by atoms with Crippen LogP contribution in [-0.4, -0.2) is 6.71 Å². The second kappa shape index (κ2) is 13.0. The third kappa shape index (κ3) is 5.20. The van der Waals surface area contributed by atoms with Gasteiger partial charge in [0.05, 0.1) is 5.69 Å². The van der Waals surface area contributed by atoms with E-state index in [1.54, 1.807) is 0 Å². The topological polar surface area (TPSA) is 36.0 Å². The smallest absolute Gasteiger partial charge is 0.257 e. The lowest BCUT2D eigenvalue weighted by molar-refractivity contribution is 0.590. The van der Waals surface area contributed by atoms with Gasteiger partial charge in [0.25, 0.3) is 6.71 Å². The van der Waals surface area contributed by atoms with Crippen molar-refractivity contribution in [2.45, 2.75) is 26.2 Å². The Balaban J connectivity index is 1.24. The first-order chi connectivity index (χ1) is 29.4. The molecule has 0 radical (unpaired) electrons. The molecular weight excluding hydrogens is 733 g/mol. The lowest BCUT2D eigenvalue weighted by Crippen LogP contribution is -2.61. The van der Waals surface area contributed by atoms with Gasteiger partial charge in [0, 0.05) is 61.4 Å². The lowest BCUT2D eigenvalue weighted by Gasteiger charge is -2.43. The maximum Gasteiger partial charge on any atom is 0.257 e. The van der Waals surface area contributed by atoms with Crippen molar-refractivity contribution in [1.29, 1.82) is 0 Å². The van der Waals surface area contributed by atoms with Gasteiger partial charge in [-0.05, 0) is 107 Å². The number of fused-ring (bicyclic) bond motifs is 9. The fourth-order valence-electron chi connectivity index (χ4n) is 9.62. The molecule has 0 bridgehead atoms. The molecule has 0 N–H and O–H groups in total. The predicted molar refractivity (Wildman–Crippen MR) is 251 cm³/mol. The van der Waals surface area contributed by atoms with Gasteiger partial charge in [0.1, 0.15) is 16.7 Å². The van der Waals surface area contributed by atoms with E-state index in [4.69, 9.17) is 8.83 Å². The SMILES string of the molecule is CC(C)(C)c1ccc(N2c3cc(N(c4ccccc4)c4ccccc4)cc4c3B(c3cc5oc6ccccc6c5cc3N4c3ccccc3)c3c2oc2ccccc32)cc1. The fourth-order valence-corrected chi connectivity index (χ4v) is 9.62. The molecule has 0 aliphatic carbocycles. The van der Waals surface area contributed by atoms with Gasteiger partial charge in [-0.15, -0.1) is 0 Å². The summed E-state index contributed by atoms with van der Waals surface area (Å²) in [7, 11) is 0. The van der Waals surface area contributed by atoms with Crippen LogP contribution in [0.4, 0.5) is 51.4 Å². The van der Waals surface area contributed by atoms with Gasteiger partial charge in [0.15, 0.2) is 0 Å². The molecule has 0 atom stereocenters. The summed E-state index contributed by atoms with van der Waals surface area (Å²) in [5.41, 5.74) is 16.0. The van der Waals surface area contributed by atoms with Gasteiger partial charge in [-0.1, -0.05) is 124 Å². The minimum absolute atomic E-state index is 0.00286. The molecule has 2 aliphatic rings. The first-order valence-corrected chi connectivity index (χ1v) is 20.7. The van der Waals surface area contributed by atoms with Gasteiger partial charge in [-0.25, -0.2) is 0 Å². The summed E-state index contributed by atoms with van der Waals surface area (Å²) in [5, 5.41) is 3.30. The number of hydrogen-bond acceptors (Lipinski definition) is 5. The van der Waals surface area contributed by atoms with Gasteiger partial charge >= 0.3 is 0 Å². The van der Waals surface area contributed by atoms with Crippen LogP contribution in [0.25, 0.3) is 32.9 Å². The van der Waals surface area contributed by atoms with E-state index in [2.05, 4.69) is 217 Å². The molecule has 6 heteroatoms. The van der Waals surface area contributed by atoms with Crippen LogP contribution in [-0.2, 0) is 5.41 Å². The first kappa shape index (κ1) is 34.6. The van der Waals surface area contributed by atoms with E-state index in [1.807, 2.05) is 6.07 Å². The second-order valence-corrected chi connectivity index (χ2v) is 17.0. The molecule has 0 saturated heterocycles. The van der Waals surface area contributed by atoms with Crippen molar-refractivity contribution in [3.05, 3.63) is 194 Å². The number of rotatable bonds is 5. The quantitative estimate of drug-likeness (QED) is 0.163. The Morgan fingerprint density at radius 1 is 0.433 bits per heavy atom. The van der Waals surface area contributed by atoms with Gasteiger partial charge in [-0.2, -0.15) is 0 Å². The standard InChI is InChI=1S/C54H40BN3O2/c1-54(2,3)35-27-29-39(30-28-35)58-47-32-40(56(36-17-7-4-8-18-36)37-19-9-5-10-20-37)31-46-52(47)55(51-42-24-14-16-26-49(42)60-53(51)58)44-34-50-43(41-23-13-15-25-48(41)59-50)33-45(44)57(46)38-21-11-6-12-22-38/h4-34H,1-3H3. The molecule has 0 fully saturated rings. The molecular formula is C54H40BN3O2. The van der Waals surface area contributed by atoms with E-state index >= 15 is 0 Å². The van der Waals surface area contributed by atoms with Crippen LogP contribution in [0.1, 0.15) is 26.3 Å². The summed E-state index contributed by atoms with van der Waals surface area (Å²) in [6, 6.07) is 67.5. The zero-order valence-electron chi connectivity index (χ0n) is 33.6. The van der Waals surface area contributed by atoms with Gasteiger partial charge < -0.3 is 18.6 Å². The minimum atomic E-state index is -0.165. The Bertz CT molecular complexity index is 3220. The van der Waals surface area contributed by atoms with Crippen LogP contribution in [0.5, 0.6) is 0 Å². The third-order valence-electron chi connectivity index (χ3n) is 12.4. The zero-order valence-corrected chi connectivity index (χ0v) is 33.6. The fraction of sp³-hybridized carbons (Fsp3) is 0.0741. The Labute approximate surface area is 349 Å². The Morgan fingerprint density at radius 3 is 1.63 bits per heavy atom. The summed E-state index contributed by atoms with van der Waals surface area (Å²) >= 11 is 0. The maximum absolute atomic E-state index is 7.11. The number of nitrogens with zero attached hydrogens (tertiary/aromatic N) is 3. The molecule has 0 saturated carbocycles. The van der Waals surface area contributed by atoms with Crippen molar-refractivity contribution in [3.8, 4) is 0 Å². The Morgan fingerprint density at radius 2 is 0.983 bits per heavy atom. The zero-order chi connectivity index (χ0) is 40.1. The summed E-state index contributed by atoms with van der Waals surface area (Å²) in [4.78, 5) is 7.20. The van der Waals surface area contributed by atoms with E-state index in [0.29, 0.717) is 0 Å². The third-order valence-corrected chi connectivity index (χ3v) is 12.4. The molecule has 8 aromatic carbocycles. The molecule has 2 aromatic heterocycles. The van der Waals surface area contributed by atoms with Crippen molar-refractivity contribution in [2.24, 2.45) is 0 Å². The molecule has 0 unspecified atom stereocenters. The first-order valence-electron chi connectivity index (χ1n) is 20.7. The van der Waals surface area contributed by atoms with Crippen LogP contribution in [0.2, 0.25) is 0 Å². The molecule has 10 aromatic rings. The summed E-state index contributed by atoms with van der Waals surface area (Å²) in [6.07, 6.45) is 0. The molecule has 5 nitrogen and oxygen atoms in total. The van der Waals surface area contributed by atoms with Crippen LogP contribution in [0.15, 0.2) is 197 Å². The van der Waals surface area contributed by atoms with Crippen molar-refractivity contribution in [2.75, 3.05) is 14.7 Å². The van der Waals surface area contributed by atoms with Gasteiger partial charge in [-0.3, -0.25) is 4.90 Å². The highest BCUT2D eigenvalue weighted by molar-refractivity contribution is 7.01. The summed E-state index contributed by atoms with van der Waals surface area (Å²) < 4.78 is 13.8. The summed E-state index contributed by atoms with van der Waals surface area (Å²) in [6.45, 7) is 6.63. The highest BCUT2D eigenvalue weighted by Gasteiger charge is 2.47. The molecule has 286 valence electrons. The number of para-hydroxylation sites is 5. The molecule has 4 heterocycles. The highest BCUT2D eigenvalue weighted by Crippen LogP contribution is 2.50. The predicted octanol–water partition coefficient (Wildman–Crippen LogP) is 13.2. The number of furan rings is 2. The minimum Gasteiger partial charge on any atom is -0.456 e. The Kier molecular flexibility index (Phi) is 7.52. The van der Waals surface area contributed by atoms with Crippen molar-refractivity contribution < 1.29 is 8.83 Å². The largest absolute Gasteiger partial charge is 0.456 e. The maximum atomic E-state index is 7.11.